The van der Waals surface area contributed by atoms with Gasteiger partial charge in [-0.1, -0.05) is 6.92 Å². The van der Waals surface area contributed by atoms with Gasteiger partial charge in [-0.05, 0) is 49.9 Å². The second kappa shape index (κ2) is 9.09. The second-order valence-corrected chi connectivity index (χ2v) is 7.07. The fraction of sp³-hybridized carbons (Fsp3) is 0.632. The van der Waals surface area contributed by atoms with E-state index in [1.165, 1.54) is 12.8 Å². The van der Waals surface area contributed by atoms with E-state index < -0.39 is 6.10 Å². The third-order valence-electron chi connectivity index (χ3n) is 4.97. The number of carbonyl (C=O) groups excluding carboxylic acids is 1. The van der Waals surface area contributed by atoms with Crippen molar-refractivity contribution < 1.29 is 24.1 Å². The summed E-state index contributed by atoms with van der Waals surface area (Å²) in [6.45, 7) is 4.67. The van der Waals surface area contributed by atoms with Crippen LogP contribution in [0.2, 0.25) is 0 Å². The Labute approximate surface area is 154 Å². The van der Waals surface area contributed by atoms with Crippen molar-refractivity contribution in [3.05, 3.63) is 18.2 Å². The molecular formula is C19H28N2O5. The number of ether oxygens (including phenoxy) is 3. The van der Waals surface area contributed by atoms with Crippen LogP contribution in [0.5, 0.6) is 17.2 Å². The molecule has 1 aromatic rings. The Hall–Kier alpha value is -1.99. The molecule has 0 radical (unpaired) electrons. The van der Waals surface area contributed by atoms with Crippen molar-refractivity contribution in [2.24, 2.45) is 11.8 Å². The molecule has 2 heterocycles. The van der Waals surface area contributed by atoms with Crippen molar-refractivity contribution in [3.8, 4) is 17.2 Å². The first-order valence-electron chi connectivity index (χ1n) is 9.29. The number of piperidine rings is 1. The van der Waals surface area contributed by atoms with E-state index in [0.717, 1.165) is 13.1 Å². The predicted molar refractivity (Wildman–Crippen MR) is 96.5 cm³/mol. The molecule has 2 aliphatic heterocycles. The smallest absolute Gasteiger partial charge is 0.231 e. The van der Waals surface area contributed by atoms with Gasteiger partial charge in [-0.3, -0.25) is 4.79 Å². The molecule has 1 amide bonds. The summed E-state index contributed by atoms with van der Waals surface area (Å²) in [5.41, 5.74) is 0. The number of amides is 1. The van der Waals surface area contributed by atoms with Crippen LogP contribution >= 0.6 is 0 Å². The molecule has 144 valence electrons. The fourth-order valence-corrected chi connectivity index (χ4v) is 3.35. The quantitative estimate of drug-likeness (QED) is 0.644. The van der Waals surface area contributed by atoms with Gasteiger partial charge in [0.1, 0.15) is 18.5 Å². The average Bonchev–Trinajstić information content (AvgIpc) is 3.13. The molecule has 0 bridgehead atoms. The highest BCUT2D eigenvalue weighted by Gasteiger charge is 2.22. The van der Waals surface area contributed by atoms with Gasteiger partial charge in [-0.25, -0.2) is 0 Å². The molecule has 0 aromatic heterocycles. The summed E-state index contributed by atoms with van der Waals surface area (Å²) >= 11 is 0. The minimum Gasteiger partial charge on any atom is -0.491 e. The largest absolute Gasteiger partial charge is 0.491 e. The zero-order chi connectivity index (χ0) is 18.4. The summed E-state index contributed by atoms with van der Waals surface area (Å²) in [7, 11) is 0. The Balaban J connectivity index is 1.34. The lowest BCUT2D eigenvalue weighted by Crippen LogP contribution is -2.38. The van der Waals surface area contributed by atoms with E-state index >= 15 is 0 Å². The lowest BCUT2D eigenvalue weighted by Gasteiger charge is -2.28. The van der Waals surface area contributed by atoms with Crippen LogP contribution in [0.4, 0.5) is 0 Å². The van der Waals surface area contributed by atoms with Gasteiger partial charge in [-0.15, -0.1) is 0 Å². The second-order valence-electron chi connectivity index (χ2n) is 7.07. The Morgan fingerprint density at radius 2 is 2.27 bits per heavy atom. The number of hydrogen-bond donors (Lipinski definition) is 3. The molecule has 0 aliphatic carbocycles. The predicted octanol–water partition coefficient (Wildman–Crippen LogP) is 1.30. The van der Waals surface area contributed by atoms with Crippen LogP contribution in [0.1, 0.15) is 26.2 Å². The fourth-order valence-electron chi connectivity index (χ4n) is 3.35. The standard InChI is InChI=1S/C19H28N2O5/c1-13(14-3-2-6-20-9-14)7-19(23)21-10-15(22)11-24-16-4-5-17-18(8-16)26-12-25-17/h4-5,8,13-15,20,22H,2-3,6-7,9-12H2,1H3,(H,21,23). The lowest BCUT2D eigenvalue weighted by atomic mass is 9.85. The van der Waals surface area contributed by atoms with Crippen LogP contribution in [-0.4, -0.2) is 50.2 Å². The number of nitrogens with one attached hydrogen (secondary N) is 2. The van der Waals surface area contributed by atoms with Crippen molar-refractivity contribution >= 4 is 5.91 Å². The van der Waals surface area contributed by atoms with Gasteiger partial charge < -0.3 is 30.0 Å². The van der Waals surface area contributed by atoms with Crippen molar-refractivity contribution in [2.75, 3.05) is 33.0 Å². The normalized spacial score (nSPS) is 21.1. The highest BCUT2D eigenvalue weighted by molar-refractivity contribution is 5.76. The highest BCUT2D eigenvalue weighted by atomic mass is 16.7. The van der Waals surface area contributed by atoms with E-state index in [2.05, 4.69) is 17.6 Å². The van der Waals surface area contributed by atoms with Gasteiger partial charge in [0, 0.05) is 19.0 Å². The molecule has 1 fully saturated rings. The monoisotopic (exact) mass is 364 g/mol. The third-order valence-corrected chi connectivity index (χ3v) is 4.97. The average molecular weight is 364 g/mol. The first-order chi connectivity index (χ1) is 12.6. The van der Waals surface area contributed by atoms with Gasteiger partial charge in [0.2, 0.25) is 12.7 Å². The summed E-state index contributed by atoms with van der Waals surface area (Å²) in [5, 5.41) is 16.2. The maximum absolute atomic E-state index is 12.1. The molecule has 3 rings (SSSR count). The molecule has 26 heavy (non-hydrogen) atoms. The van der Waals surface area contributed by atoms with Crippen molar-refractivity contribution in [3.63, 3.8) is 0 Å². The summed E-state index contributed by atoms with van der Waals surface area (Å²) < 4.78 is 16.1. The van der Waals surface area contributed by atoms with E-state index in [1.54, 1.807) is 18.2 Å². The number of aliphatic hydroxyl groups excluding tert-OH is 1. The third kappa shape index (κ3) is 5.25. The molecule has 2 aliphatic rings. The van der Waals surface area contributed by atoms with Gasteiger partial charge in [-0.2, -0.15) is 0 Å². The molecule has 7 heteroatoms. The summed E-state index contributed by atoms with van der Waals surface area (Å²) in [6, 6.07) is 5.26. The topological polar surface area (TPSA) is 89.1 Å². The number of aliphatic hydroxyl groups is 1. The van der Waals surface area contributed by atoms with E-state index in [0.29, 0.717) is 35.5 Å². The van der Waals surface area contributed by atoms with Crippen LogP contribution in [0, 0.1) is 11.8 Å². The van der Waals surface area contributed by atoms with Crippen molar-refractivity contribution in [1.82, 2.24) is 10.6 Å². The highest BCUT2D eigenvalue weighted by Crippen LogP contribution is 2.35. The zero-order valence-corrected chi connectivity index (χ0v) is 15.2. The maximum Gasteiger partial charge on any atom is 0.231 e. The van der Waals surface area contributed by atoms with Crippen molar-refractivity contribution in [1.29, 1.82) is 0 Å². The van der Waals surface area contributed by atoms with E-state index in [1.807, 2.05) is 0 Å². The number of hydrogen-bond acceptors (Lipinski definition) is 6. The number of rotatable bonds is 8. The van der Waals surface area contributed by atoms with Crippen molar-refractivity contribution in [2.45, 2.75) is 32.3 Å². The number of fused-ring (bicyclic) bond motifs is 1. The first kappa shape index (κ1) is 18.8. The van der Waals surface area contributed by atoms with Crippen LogP contribution in [-0.2, 0) is 4.79 Å². The Morgan fingerprint density at radius 1 is 1.42 bits per heavy atom. The SMILES string of the molecule is CC(CC(=O)NCC(O)COc1ccc2c(c1)OCO2)C1CCCNC1. The molecule has 3 atom stereocenters. The summed E-state index contributed by atoms with van der Waals surface area (Å²) in [4.78, 5) is 12.1. The van der Waals surface area contributed by atoms with Crippen LogP contribution < -0.4 is 24.8 Å². The lowest BCUT2D eigenvalue weighted by molar-refractivity contribution is -0.122. The van der Waals surface area contributed by atoms with Gasteiger partial charge in [0.15, 0.2) is 11.5 Å². The first-order valence-corrected chi connectivity index (χ1v) is 9.29. The van der Waals surface area contributed by atoms with Gasteiger partial charge in [0.05, 0.1) is 0 Å². The van der Waals surface area contributed by atoms with Gasteiger partial charge in [0.25, 0.3) is 0 Å². The molecule has 3 N–H and O–H groups in total. The zero-order valence-electron chi connectivity index (χ0n) is 15.2. The molecule has 1 saturated heterocycles. The van der Waals surface area contributed by atoms with E-state index in [9.17, 15) is 9.90 Å². The van der Waals surface area contributed by atoms with E-state index in [-0.39, 0.29) is 25.9 Å². The molecule has 0 saturated carbocycles. The summed E-state index contributed by atoms with van der Waals surface area (Å²) in [6.07, 6.45) is 2.07. The molecule has 3 unspecified atom stereocenters. The van der Waals surface area contributed by atoms with Crippen LogP contribution in [0.3, 0.4) is 0 Å². The molecular weight excluding hydrogens is 336 g/mol. The minimum absolute atomic E-state index is 0.0230. The van der Waals surface area contributed by atoms with E-state index in [4.69, 9.17) is 14.2 Å². The van der Waals surface area contributed by atoms with Crippen LogP contribution in [0.15, 0.2) is 18.2 Å². The number of carbonyl (C=O) groups is 1. The Morgan fingerprint density at radius 3 is 3.08 bits per heavy atom. The molecule has 0 spiro atoms. The van der Waals surface area contributed by atoms with Gasteiger partial charge >= 0.3 is 0 Å². The molecule has 1 aromatic carbocycles. The molecule has 7 nitrogen and oxygen atoms in total. The Bertz CT molecular complexity index is 604. The number of benzene rings is 1. The maximum atomic E-state index is 12.1. The van der Waals surface area contributed by atoms with Crippen LogP contribution in [0.25, 0.3) is 0 Å². The summed E-state index contributed by atoms with van der Waals surface area (Å²) in [5.74, 6) is 2.78. The Kier molecular flexibility index (Phi) is 6.57. The minimum atomic E-state index is -0.768.